The maximum atomic E-state index is 14.3. The third kappa shape index (κ3) is 3.45. The number of pyridine rings is 1. The van der Waals surface area contributed by atoms with Gasteiger partial charge in [0.05, 0.1) is 28.0 Å². The molecule has 3 aromatic rings. The molecular weight excluding hydrogens is 368 g/mol. The first-order chi connectivity index (χ1) is 12.9. The zero-order valence-corrected chi connectivity index (χ0v) is 16.5. The van der Waals surface area contributed by atoms with Crippen molar-refractivity contribution in [2.45, 2.75) is 38.9 Å². The molecule has 0 amide bonds. The van der Waals surface area contributed by atoms with E-state index in [0.29, 0.717) is 22.4 Å². The second-order valence-corrected chi connectivity index (χ2v) is 7.41. The Hall–Kier alpha value is -2.58. The maximum Gasteiger partial charge on any atom is 0.285 e. The second kappa shape index (κ2) is 6.79. The number of nitrogens with zero attached hydrogens (tertiary/aromatic N) is 3. The largest absolute Gasteiger partial charge is 0.386 e. The number of imidazole rings is 1. The molecule has 0 bridgehead atoms. The number of halogens is 2. The maximum absolute atomic E-state index is 14.3. The van der Waals surface area contributed by atoms with Crippen LogP contribution in [-0.2, 0) is 29.9 Å². The van der Waals surface area contributed by atoms with Crippen molar-refractivity contribution in [2.75, 3.05) is 7.11 Å². The van der Waals surface area contributed by atoms with Gasteiger partial charge in [0.1, 0.15) is 12.4 Å². The van der Waals surface area contributed by atoms with Crippen molar-refractivity contribution >= 4 is 11.0 Å². The number of hydrogen-bond donors (Lipinski definition) is 1. The van der Waals surface area contributed by atoms with Crippen LogP contribution in [0.2, 0.25) is 0 Å². The van der Waals surface area contributed by atoms with Crippen molar-refractivity contribution in [3.8, 4) is 5.69 Å². The van der Waals surface area contributed by atoms with Gasteiger partial charge in [0.25, 0.3) is 11.5 Å². The lowest BCUT2D eigenvalue weighted by molar-refractivity contribution is 0.00988. The van der Waals surface area contributed by atoms with Gasteiger partial charge in [-0.3, -0.25) is 9.36 Å². The van der Waals surface area contributed by atoms with Crippen molar-refractivity contribution in [1.82, 2.24) is 14.1 Å². The van der Waals surface area contributed by atoms with E-state index in [0.717, 1.165) is 11.5 Å². The van der Waals surface area contributed by atoms with Gasteiger partial charge in [-0.15, -0.1) is 0 Å². The molecule has 0 atom stereocenters. The van der Waals surface area contributed by atoms with Gasteiger partial charge in [-0.1, -0.05) is 6.07 Å². The Morgan fingerprint density at radius 1 is 1.21 bits per heavy atom. The molecule has 0 aliphatic heterocycles. The van der Waals surface area contributed by atoms with Crippen LogP contribution < -0.4 is 5.56 Å². The van der Waals surface area contributed by atoms with Crippen LogP contribution in [0.3, 0.4) is 0 Å². The molecule has 0 spiro atoms. The average Bonchev–Trinajstić information content (AvgIpc) is 2.88. The minimum Gasteiger partial charge on any atom is -0.386 e. The van der Waals surface area contributed by atoms with Gasteiger partial charge >= 0.3 is 0 Å². The Morgan fingerprint density at radius 3 is 2.46 bits per heavy atom. The lowest BCUT2D eigenvalue weighted by Crippen LogP contribution is -2.29. The highest BCUT2D eigenvalue weighted by Crippen LogP contribution is 2.34. The van der Waals surface area contributed by atoms with E-state index < -0.39 is 22.8 Å². The molecule has 2 heterocycles. The second-order valence-electron chi connectivity index (χ2n) is 7.41. The topological polar surface area (TPSA) is 69.3 Å². The monoisotopic (exact) mass is 391 g/mol. The molecule has 6 nitrogen and oxygen atoms in total. The van der Waals surface area contributed by atoms with Gasteiger partial charge in [-0.05, 0) is 32.0 Å². The van der Waals surface area contributed by atoms with Crippen LogP contribution in [0.4, 0.5) is 8.78 Å². The van der Waals surface area contributed by atoms with Crippen LogP contribution in [-0.4, -0.2) is 26.3 Å². The van der Waals surface area contributed by atoms with Crippen molar-refractivity contribution in [3.63, 3.8) is 0 Å². The number of benzene rings is 1. The van der Waals surface area contributed by atoms with Crippen LogP contribution in [0.5, 0.6) is 0 Å². The van der Waals surface area contributed by atoms with Gasteiger partial charge in [-0.2, -0.15) is 0 Å². The number of aliphatic hydroxyl groups is 1. The van der Waals surface area contributed by atoms with Gasteiger partial charge in [-0.25, -0.2) is 13.8 Å². The number of aryl methyl sites for hydroxylation is 1. The van der Waals surface area contributed by atoms with Gasteiger partial charge in [0.15, 0.2) is 0 Å². The molecule has 1 N–H and O–H groups in total. The Morgan fingerprint density at radius 2 is 1.89 bits per heavy atom. The molecule has 0 saturated heterocycles. The Bertz CT molecular complexity index is 1090. The molecule has 1 aromatic carbocycles. The number of alkyl halides is 2. The third-order valence-corrected chi connectivity index (χ3v) is 4.67. The molecular formula is C20H23F2N3O3. The SMILES string of the molecule is COCc1nc2cc(C(C)(C)O)c(-n3c(C(C)(F)F)cccc3=O)cc2n1C. The smallest absolute Gasteiger partial charge is 0.285 e. The van der Waals surface area contributed by atoms with Crippen molar-refractivity contribution in [3.05, 3.63) is 57.8 Å². The molecule has 0 aliphatic rings. The normalized spacial score (nSPS) is 12.7. The van der Waals surface area contributed by atoms with Crippen LogP contribution in [0.1, 0.15) is 37.9 Å². The molecule has 0 aliphatic carbocycles. The lowest BCUT2D eigenvalue weighted by Gasteiger charge is -2.25. The number of hydrogen-bond acceptors (Lipinski definition) is 4. The Balaban J connectivity index is 2.44. The van der Waals surface area contributed by atoms with Gasteiger partial charge in [0, 0.05) is 32.7 Å². The summed E-state index contributed by atoms with van der Waals surface area (Å²) in [5.41, 5.74) is -0.736. The molecule has 0 unspecified atom stereocenters. The van der Waals surface area contributed by atoms with Crippen molar-refractivity contribution in [2.24, 2.45) is 7.05 Å². The summed E-state index contributed by atoms with van der Waals surface area (Å²) >= 11 is 0. The summed E-state index contributed by atoms with van der Waals surface area (Å²) in [6.45, 7) is 4.08. The lowest BCUT2D eigenvalue weighted by atomic mass is 9.95. The minimum absolute atomic E-state index is 0.189. The van der Waals surface area contributed by atoms with E-state index in [1.54, 1.807) is 30.9 Å². The number of rotatable bonds is 5. The minimum atomic E-state index is -3.25. The molecule has 3 rings (SSSR count). The standard InChI is InChI=1S/C20H23F2N3O3/c1-19(2,27)12-9-13-15(24(4)17(23-13)11-28-5)10-14(12)25-16(20(3,21)22)7-6-8-18(25)26/h6-10,27H,11H2,1-5H3. The molecule has 0 fully saturated rings. The molecule has 150 valence electrons. The van der Waals surface area contributed by atoms with Crippen LogP contribution in [0.25, 0.3) is 16.7 Å². The summed E-state index contributed by atoms with van der Waals surface area (Å²) in [6.07, 6.45) is 0. The predicted molar refractivity (Wildman–Crippen MR) is 102 cm³/mol. The number of fused-ring (bicyclic) bond motifs is 1. The van der Waals surface area contributed by atoms with Crippen LogP contribution >= 0.6 is 0 Å². The van der Waals surface area contributed by atoms with Crippen molar-refractivity contribution < 1.29 is 18.6 Å². The quantitative estimate of drug-likeness (QED) is 0.725. The van der Waals surface area contributed by atoms with Crippen molar-refractivity contribution in [1.29, 1.82) is 0 Å². The highest BCUT2D eigenvalue weighted by atomic mass is 19.3. The van der Waals surface area contributed by atoms with Crippen LogP contribution in [0, 0.1) is 0 Å². The van der Waals surface area contributed by atoms with E-state index in [-0.39, 0.29) is 12.3 Å². The summed E-state index contributed by atoms with van der Waals surface area (Å²) in [5, 5.41) is 10.7. The van der Waals surface area contributed by atoms with Crippen LogP contribution in [0.15, 0.2) is 35.1 Å². The van der Waals surface area contributed by atoms with E-state index in [4.69, 9.17) is 4.74 Å². The molecule has 2 aromatic heterocycles. The molecule has 8 heteroatoms. The van der Waals surface area contributed by atoms with E-state index in [2.05, 4.69) is 4.98 Å². The highest BCUT2D eigenvalue weighted by Gasteiger charge is 2.32. The van der Waals surface area contributed by atoms with E-state index >= 15 is 0 Å². The summed E-state index contributed by atoms with van der Waals surface area (Å²) in [5.74, 6) is -2.61. The highest BCUT2D eigenvalue weighted by molar-refractivity contribution is 5.81. The fourth-order valence-electron chi connectivity index (χ4n) is 3.29. The fourth-order valence-corrected chi connectivity index (χ4v) is 3.29. The summed E-state index contributed by atoms with van der Waals surface area (Å²) in [6, 6.07) is 6.95. The molecule has 28 heavy (non-hydrogen) atoms. The fraction of sp³-hybridized carbons (Fsp3) is 0.400. The first-order valence-electron chi connectivity index (χ1n) is 8.77. The average molecular weight is 391 g/mol. The summed E-state index contributed by atoms with van der Waals surface area (Å²) < 4.78 is 36.4. The summed E-state index contributed by atoms with van der Waals surface area (Å²) in [7, 11) is 3.33. The van der Waals surface area contributed by atoms with E-state index in [1.807, 2.05) is 0 Å². The number of ether oxygens (including phenoxy) is 1. The Labute approximate surface area is 161 Å². The summed E-state index contributed by atoms with van der Waals surface area (Å²) in [4.78, 5) is 17.1. The molecule has 0 saturated carbocycles. The van der Waals surface area contributed by atoms with E-state index in [9.17, 15) is 18.7 Å². The number of methoxy groups -OCH3 is 1. The first kappa shape index (κ1) is 20.2. The van der Waals surface area contributed by atoms with E-state index in [1.165, 1.54) is 32.0 Å². The zero-order chi connectivity index (χ0) is 20.9. The zero-order valence-electron chi connectivity index (χ0n) is 16.5. The first-order valence-corrected chi connectivity index (χ1v) is 8.77. The number of aromatic nitrogens is 3. The van der Waals surface area contributed by atoms with Gasteiger partial charge < -0.3 is 14.4 Å². The molecule has 0 radical (unpaired) electrons. The predicted octanol–water partition coefficient (Wildman–Crippen LogP) is 3.21. The van der Waals surface area contributed by atoms with Gasteiger partial charge in [0.2, 0.25) is 0 Å². The Kier molecular flexibility index (Phi) is 4.89. The third-order valence-electron chi connectivity index (χ3n) is 4.67.